The molecule has 0 bridgehead atoms. The predicted molar refractivity (Wildman–Crippen MR) is 97.7 cm³/mol. The lowest BCUT2D eigenvalue weighted by molar-refractivity contribution is -0.143. The summed E-state index contributed by atoms with van der Waals surface area (Å²) in [6, 6.07) is 8.27. The molecule has 1 aliphatic rings. The van der Waals surface area contributed by atoms with Crippen LogP contribution in [0.15, 0.2) is 24.3 Å². The van der Waals surface area contributed by atoms with Crippen molar-refractivity contribution in [3.05, 3.63) is 46.6 Å². The van der Waals surface area contributed by atoms with Crippen LogP contribution in [0.3, 0.4) is 0 Å². The average molecular weight is 437 g/mol. The number of nitrogens with one attached hydrogen (secondary N) is 1. The molecular formula is C20H16F5N5O. The number of hydrogen-bond donors (Lipinski definition) is 1. The molecular weight excluding hydrogens is 421 g/mol. The summed E-state index contributed by atoms with van der Waals surface area (Å²) in [5, 5.41) is 24.2. The van der Waals surface area contributed by atoms with E-state index in [4.69, 9.17) is 5.26 Å². The Balaban J connectivity index is 1.97. The van der Waals surface area contributed by atoms with Crippen LogP contribution in [0.2, 0.25) is 0 Å². The summed E-state index contributed by atoms with van der Waals surface area (Å²) in [4.78, 5) is 13.0. The van der Waals surface area contributed by atoms with E-state index < -0.39 is 48.4 Å². The number of amides is 1. The summed E-state index contributed by atoms with van der Waals surface area (Å²) in [5.74, 6) is -6.13. The first-order chi connectivity index (χ1) is 14.4. The maximum Gasteiger partial charge on any atom is 0.433 e. The molecule has 1 unspecified atom stereocenters. The van der Waals surface area contributed by atoms with E-state index >= 15 is 0 Å². The van der Waals surface area contributed by atoms with Gasteiger partial charge in [-0.1, -0.05) is 6.07 Å². The molecule has 1 fully saturated rings. The molecule has 6 nitrogen and oxygen atoms in total. The van der Waals surface area contributed by atoms with Gasteiger partial charge >= 0.3 is 6.18 Å². The molecule has 1 saturated carbocycles. The van der Waals surface area contributed by atoms with Crippen LogP contribution in [0, 0.1) is 28.6 Å². The molecule has 162 valence electrons. The Labute approximate surface area is 173 Å². The Morgan fingerprint density at radius 3 is 2.45 bits per heavy atom. The van der Waals surface area contributed by atoms with Crippen molar-refractivity contribution in [2.45, 2.75) is 37.3 Å². The van der Waals surface area contributed by atoms with Gasteiger partial charge in [-0.05, 0) is 30.0 Å². The molecule has 2 aromatic rings. The molecule has 31 heavy (non-hydrogen) atoms. The maximum absolute atomic E-state index is 13.8. The molecule has 1 aliphatic carbocycles. The second-order valence-electron chi connectivity index (χ2n) is 7.39. The summed E-state index contributed by atoms with van der Waals surface area (Å²) in [5.41, 5.74) is -0.832. The number of halogens is 5. The van der Waals surface area contributed by atoms with Gasteiger partial charge in [-0.25, -0.2) is 8.78 Å². The Morgan fingerprint density at radius 2 is 1.94 bits per heavy atom. The molecule has 1 amide bonds. The van der Waals surface area contributed by atoms with Gasteiger partial charge in [0.1, 0.15) is 17.8 Å². The second-order valence-corrected chi connectivity index (χ2v) is 7.39. The van der Waals surface area contributed by atoms with Gasteiger partial charge in [0, 0.05) is 26.0 Å². The Hall–Kier alpha value is -3.47. The summed E-state index contributed by atoms with van der Waals surface area (Å²) < 4.78 is 67.2. The van der Waals surface area contributed by atoms with Gasteiger partial charge in [-0.15, -0.1) is 0 Å². The van der Waals surface area contributed by atoms with Gasteiger partial charge in [0.2, 0.25) is 11.8 Å². The lowest BCUT2D eigenvalue weighted by atomic mass is 9.83. The third-order valence-electron chi connectivity index (χ3n) is 5.26. The summed E-state index contributed by atoms with van der Waals surface area (Å²) in [6.07, 6.45) is -5.68. The number of carbonyl (C=O) groups excluding carboxylic acids is 1. The first-order valence-corrected chi connectivity index (χ1v) is 9.19. The zero-order chi connectivity index (χ0) is 23.0. The Bertz CT molecular complexity index is 1090. The minimum Gasteiger partial charge on any atom is -0.309 e. The standard InChI is InChI=1S/C20H16F5N5O/c1-30-15(20(23,24)25)7-16(29-30)28-18(31)17(12-4-5-19(21,22)8-12)11-2-3-13(9-26)14(6-11)10-27/h2-3,6-7,12,17H,4-5,8H2,1H3,(H,28,29,31)/t12-,17?/m0/s1. The zero-order valence-corrected chi connectivity index (χ0v) is 16.2. The number of aromatic nitrogens is 2. The van der Waals surface area contributed by atoms with Crippen molar-refractivity contribution in [1.29, 1.82) is 10.5 Å². The van der Waals surface area contributed by atoms with E-state index in [1.165, 1.54) is 18.2 Å². The fourth-order valence-electron chi connectivity index (χ4n) is 3.85. The van der Waals surface area contributed by atoms with E-state index in [0.29, 0.717) is 10.7 Å². The van der Waals surface area contributed by atoms with Crippen molar-refractivity contribution in [3.63, 3.8) is 0 Å². The van der Waals surface area contributed by atoms with Crippen LogP contribution >= 0.6 is 0 Å². The fourth-order valence-corrected chi connectivity index (χ4v) is 3.85. The molecule has 0 radical (unpaired) electrons. The number of carbonyl (C=O) groups is 1. The van der Waals surface area contributed by atoms with Crippen molar-refractivity contribution in [3.8, 4) is 12.1 Å². The number of nitriles is 2. The summed E-state index contributed by atoms with van der Waals surface area (Å²) in [7, 11) is 1.06. The molecule has 2 atom stereocenters. The number of aryl methyl sites for hydroxylation is 1. The number of rotatable bonds is 4. The number of anilines is 1. The molecule has 1 N–H and O–H groups in total. The summed E-state index contributed by atoms with van der Waals surface area (Å²) >= 11 is 0. The van der Waals surface area contributed by atoms with Crippen molar-refractivity contribution in [2.24, 2.45) is 13.0 Å². The highest BCUT2D eigenvalue weighted by molar-refractivity contribution is 5.95. The zero-order valence-electron chi connectivity index (χ0n) is 16.2. The lowest BCUT2D eigenvalue weighted by Crippen LogP contribution is -2.28. The molecule has 11 heteroatoms. The number of hydrogen-bond acceptors (Lipinski definition) is 4. The second kappa shape index (κ2) is 7.99. The van der Waals surface area contributed by atoms with E-state index in [1.54, 1.807) is 0 Å². The van der Waals surface area contributed by atoms with E-state index in [2.05, 4.69) is 10.4 Å². The van der Waals surface area contributed by atoms with Crippen LogP contribution in [0.5, 0.6) is 0 Å². The van der Waals surface area contributed by atoms with Crippen molar-refractivity contribution in [2.75, 3.05) is 5.32 Å². The molecule has 0 aliphatic heterocycles. The third-order valence-corrected chi connectivity index (χ3v) is 5.26. The molecule has 1 aromatic carbocycles. The topological polar surface area (TPSA) is 94.5 Å². The first-order valence-electron chi connectivity index (χ1n) is 9.19. The molecule has 1 aromatic heterocycles. The van der Waals surface area contributed by atoms with Crippen molar-refractivity contribution >= 4 is 11.7 Å². The van der Waals surface area contributed by atoms with E-state index in [1.807, 2.05) is 12.1 Å². The minimum absolute atomic E-state index is 0.0169. The number of nitrogens with zero attached hydrogens (tertiary/aromatic N) is 4. The largest absolute Gasteiger partial charge is 0.433 e. The molecule has 1 heterocycles. The van der Waals surface area contributed by atoms with Crippen LogP contribution in [0.4, 0.5) is 27.8 Å². The van der Waals surface area contributed by atoms with Gasteiger partial charge in [0.15, 0.2) is 5.82 Å². The molecule has 0 spiro atoms. The summed E-state index contributed by atoms with van der Waals surface area (Å²) in [6.45, 7) is 0. The number of alkyl halides is 5. The van der Waals surface area contributed by atoms with Gasteiger partial charge < -0.3 is 5.32 Å². The normalized spacial score (nSPS) is 18.8. The van der Waals surface area contributed by atoms with Crippen LogP contribution in [0.1, 0.15) is 47.6 Å². The fraction of sp³-hybridized carbons (Fsp3) is 0.400. The van der Waals surface area contributed by atoms with Gasteiger partial charge in [-0.2, -0.15) is 28.8 Å². The Kier molecular flexibility index (Phi) is 5.72. The van der Waals surface area contributed by atoms with Crippen LogP contribution in [-0.2, 0) is 18.0 Å². The monoisotopic (exact) mass is 437 g/mol. The van der Waals surface area contributed by atoms with Gasteiger partial charge in [-0.3, -0.25) is 9.48 Å². The smallest absolute Gasteiger partial charge is 0.309 e. The van der Waals surface area contributed by atoms with Crippen molar-refractivity contribution in [1.82, 2.24) is 9.78 Å². The SMILES string of the molecule is Cn1nc(NC(=O)C(c2ccc(C#N)c(C#N)c2)[C@H]2CCC(F)(F)C2)cc1C(F)(F)F. The molecule has 0 saturated heterocycles. The van der Waals surface area contributed by atoms with E-state index in [-0.39, 0.29) is 28.9 Å². The first kappa shape index (κ1) is 22.2. The number of benzene rings is 1. The highest BCUT2D eigenvalue weighted by atomic mass is 19.4. The third kappa shape index (κ3) is 4.66. The van der Waals surface area contributed by atoms with E-state index in [0.717, 1.165) is 7.05 Å². The quantitative estimate of drug-likeness (QED) is 0.720. The van der Waals surface area contributed by atoms with Gasteiger partial charge in [0.05, 0.1) is 17.0 Å². The predicted octanol–water partition coefficient (Wildman–Crippen LogP) is 4.34. The van der Waals surface area contributed by atoms with Crippen LogP contribution in [0.25, 0.3) is 0 Å². The van der Waals surface area contributed by atoms with Crippen LogP contribution in [-0.4, -0.2) is 21.6 Å². The van der Waals surface area contributed by atoms with Crippen molar-refractivity contribution < 1.29 is 26.7 Å². The van der Waals surface area contributed by atoms with Crippen LogP contribution < -0.4 is 5.32 Å². The maximum atomic E-state index is 13.8. The highest BCUT2D eigenvalue weighted by Gasteiger charge is 2.45. The van der Waals surface area contributed by atoms with Gasteiger partial charge in [0.25, 0.3) is 0 Å². The lowest BCUT2D eigenvalue weighted by Gasteiger charge is -2.23. The minimum atomic E-state index is -4.69. The molecule has 3 rings (SSSR count). The van der Waals surface area contributed by atoms with E-state index in [9.17, 15) is 32.0 Å². The Morgan fingerprint density at radius 1 is 1.26 bits per heavy atom. The average Bonchev–Trinajstić information content (AvgIpc) is 3.23. The highest BCUT2D eigenvalue weighted by Crippen LogP contribution is 2.46.